The average molecular weight is 572 g/mol. The summed E-state index contributed by atoms with van der Waals surface area (Å²) in [7, 11) is 0. The number of non-ortho nitro benzene ring substituents is 1. The topological polar surface area (TPSA) is 94.3 Å². The molecule has 2 atom stereocenters. The molecule has 9 heteroatoms. The van der Waals surface area contributed by atoms with Gasteiger partial charge < -0.3 is 9.47 Å². The van der Waals surface area contributed by atoms with Crippen LogP contribution in [0.5, 0.6) is 11.5 Å². The van der Waals surface area contributed by atoms with Gasteiger partial charge in [0, 0.05) is 18.2 Å². The van der Waals surface area contributed by atoms with E-state index in [0.29, 0.717) is 28.9 Å². The lowest BCUT2D eigenvalue weighted by molar-refractivity contribution is -0.384. The van der Waals surface area contributed by atoms with Crippen LogP contribution in [0, 0.1) is 16.0 Å². The Morgan fingerprint density at radius 3 is 2.49 bits per heavy atom. The van der Waals surface area contributed by atoms with Crippen molar-refractivity contribution in [3.05, 3.63) is 98.9 Å². The number of nitrogens with zero attached hydrogens (tertiary/aromatic N) is 3. The number of rotatable bonds is 9. The molecule has 0 bridgehead atoms. The molecule has 3 aromatic carbocycles. The van der Waals surface area contributed by atoms with Crippen LogP contribution in [0.15, 0.2) is 82.7 Å². The Morgan fingerprint density at radius 1 is 1.02 bits per heavy atom. The molecule has 212 valence electrons. The van der Waals surface area contributed by atoms with Gasteiger partial charge in [0.1, 0.15) is 6.61 Å². The maximum Gasteiger partial charge on any atom is 0.269 e. The van der Waals surface area contributed by atoms with Gasteiger partial charge in [-0.3, -0.25) is 19.8 Å². The molecule has 2 aliphatic rings. The van der Waals surface area contributed by atoms with Gasteiger partial charge in [0.25, 0.3) is 11.6 Å². The van der Waals surface area contributed by atoms with E-state index in [-0.39, 0.29) is 24.2 Å². The summed E-state index contributed by atoms with van der Waals surface area (Å²) in [6, 6.07) is 21.7. The lowest BCUT2D eigenvalue weighted by atomic mass is 9.85. The summed E-state index contributed by atoms with van der Waals surface area (Å²) in [5, 5.41) is 11.6. The van der Waals surface area contributed by atoms with Crippen LogP contribution in [-0.4, -0.2) is 33.5 Å². The first-order valence-corrected chi connectivity index (χ1v) is 14.7. The van der Waals surface area contributed by atoms with E-state index in [1.807, 2.05) is 66.4 Å². The molecule has 41 heavy (non-hydrogen) atoms. The van der Waals surface area contributed by atoms with Crippen LogP contribution in [0.2, 0.25) is 0 Å². The predicted octanol–water partition coefficient (Wildman–Crippen LogP) is 7.76. The lowest BCUT2D eigenvalue weighted by Crippen LogP contribution is -2.44. The highest BCUT2D eigenvalue weighted by molar-refractivity contribution is 8.18. The average Bonchev–Trinajstić information content (AvgIpc) is 3.27. The Morgan fingerprint density at radius 2 is 1.78 bits per heavy atom. The van der Waals surface area contributed by atoms with Crippen molar-refractivity contribution in [3.8, 4) is 11.5 Å². The van der Waals surface area contributed by atoms with Crippen LogP contribution in [0.3, 0.4) is 0 Å². The largest absolute Gasteiger partial charge is 0.490 e. The number of nitro groups is 1. The van der Waals surface area contributed by atoms with Crippen LogP contribution in [0.25, 0.3) is 6.08 Å². The molecule has 0 spiro atoms. The fourth-order valence-electron chi connectivity index (χ4n) is 5.18. The number of amides is 1. The van der Waals surface area contributed by atoms with Crippen molar-refractivity contribution in [1.82, 2.24) is 4.90 Å². The van der Waals surface area contributed by atoms with Gasteiger partial charge in [-0.05, 0) is 91.0 Å². The minimum atomic E-state index is -0.427. The minimum absolute atomic E-state index is 0.0140. The second kappa shape index (κ2) is 13.0. The van der Waals surface area contributed by atoms with E-state index in [4.69, 9.17) is 14.5 Å². The summed E-state index contributed by atoms with van der Waals surface area (Å²) in [5.41, 5.74) is 2.49. The molecule has 5 rings (SSSR count). The molecular weight excluding hydrogens is 538 g/mol. The molecule has 0 N–H and O–H groups in total. The van der Waals surface area contributed by atoms with Gasteiger partial charge in [-0.1, -0.05) is 44.0 Å². The smallest absolute Gasteiger partial charge is 0.269 e. The second-order valence-electron chi connectivity index (χ2n) is 10.2. The maximum absolute atomic E-state index is 13.8. The number of ether oxygens (including phenoxy) is 2. The molecule has 1 heterocycles. The van der Waals surface area contributed by atoms with E-state index in [2.05, 4.69) is 6.92 Å². The first kappa shape index (κ1) is 28.4. The summed E-state index contributed by atoms with van der Waals surface area (Å²) in [6.07, 6.45) is 6.28. The van der Waals surface area contributed by atoms with E-state index in [1.165, 1.54) is 30.3 Å². The van der Waals surface area contributed by atoms with Crippen LogP contribution in [0.4, 0.5) is 11.4 Å². The van der Waals surface area contributed by atoms with Crippen molar-refractivity contribution < 1.29 is 19.2 Å². The molecule has 1 saturated carbocycles. The fraction of sp³-hybridized carbons (Fsp3) is 0.312. The van der Waals surface area contributed by atoms with Crippen LogP contribution in [0.1, 0.15) is 50.7 Å². The maximum atomic E-state index is 13.8. The molecule has 1 saturated heterocycles. The molecule has 8 nitrogen and oxygen atoms in total. The lowest BCUT2D eigenvalue weighted by Gasteiger charge is -2.35. The van der Waals surface area contributed by atoms with Gasteiger partial charge in [-0.25, -0.2) is 4.99 Å². The number of carbonyl (C=O) groups excluding carboxylic acids is 1. The van der Waals surface area contributed by atoms with Gasteiger partial charge >= 0.3 is 0 Å². The number of nitro benzene ring substituents is 1. The molecule has 1 aliphatic carbocycles. The summed E-state index contributed by atoms with van der Waals surface area (Å²) >= 11 is 1.41. The number of hydrogen-bond acceptors (Lipinski definition) is 7. The molecule has 0 aromatic heterocycles. The van der Waals surface area contributed by atoms with Crippen molar-refractivity contribution in [1.29, 1.82) is 0 Å². The molecule has 1 aliphatic heterocycles. The number of amidine groups is 1. The predicted molar refractivity (Wildman–Crippen MR) is 162 cm³/mol. The summed E-state index contributed by atoms with van der Waals surface area (Å²) in [6.45, 7) is 4.81. The summed E-state index contributed by atoms with van der Waals surface area (Å²) in [4.78, 5) is 31.7. The third kappa shape index (κ3) is 6.79. The van der Waals surface area contributed by atoms with E-state index >= 15 is 0 Å². The number of benzene rings is 3. The van der Waals surface area contributed by atoms with Gasteiger partial charge in [0.15, 0.2) is 16.7 Å². The molecule has 2 fully saturated rings. The van der Waals surface area contributed by atoms with Crippen molar-refractivity contribution in [2.24, 2.45) is 10.9 Å². The molecule has 1 amide bonds. The monoisotopic (exact) mass is 571 g/mol. The third-order valence-corrected chi connectivity index (χ3v) is 8.31. The molecule has 3 aromatic rings. The standard InChI is InChI=1S/C32H33N3O5S/c1-3-39-29-19-24(15-18-28(29)40-21-23-13-16-26(17-14-23)35(37)38)20-30-31(36)34(27-12-8-7-9-22(27)2)32(41-30)33-25-10-5-4-6-11-25/h4-6,10-11,13-20,22,27H,3,7-9,12,21H2,1-2H3/b30-20-,33-32?/t22-,27-/m1/s1. The third-order valence-electron chi connectivity index (χ3n) is 7.32. The Bertz CT molecular complexity index is 1460. The Hall–Kier alpha value is -4.11. The van der Waals surface area contributed by atoms with E-state index in [1.54, 1.807) is 12.1 Å². The first-order chi connectivity index (χ1) is 19.9. The number of carbonyl (C=O) groups is 1. The van der Waals surface area contributed by atoms with Crippen molar-refractivity contribution in [2.45, 2.75) is 52.2 Å². The zero-order valence-electron chi connectivity index (χ0n) is 23.2. The Labute approximate surface area is 244 Å². The molecule has 0 unspecified atom stereocenters. The van der Waals surface area contributed by atoms with Gasteiger partial charge in [0.2, 0.25) is 0 Å². The summed E-state index contributed by atoms with van der Waals surface area (Å²) < 4.78 is 11.9. The molecular formula is C32H33N3O5S. The summed E-state index contributed by atoms with van der Waals surface area (Å²) in [5.74, 6) is 1.52. The number of para-hydroxylation sites is 1. The Balaban J connectivity index is 1.39. The van der Waals surface area contributed by atoms with Gasteiger partial charge in [-0.15, -0.1) is 0 Å². The zero-order chi connectivity index (χ0) is 28.8. The highest BCUT2D eigenvalue weighted by atomic mass is 32.2. The van der Waals surface area contributed by atoms with Crippen molar-refractivity contribution in [3.63, 3.8) is 0 Å². The van der Waals surface area contributed by atoms with E-state index in [9.17, 15) is 14.9 Å². The first-order valence-electron chi connectivity index (χ1n) is 13.9. The quantitative estimate of drug-likeness (QED) is 0.148. The van der Waals surface area contributed by atoms with Crippen molar-refractivity contribution >= 4 is 40.3 Å². The highest BCUT2D eigenvalue weighted by Crippen LogP contribution is 2.41. The van der Waals surface area contributed by atoms with Crippen LogP contribution < -0.4 is 9.47 Å². The van der Waals surface area contributed by atoms with Gasteiger partial charge in [0.05, 0.1) is 22.1 Å². The zero-order valence-corrected chi connectivity index (χ0v) is 24.0. The number of thioether (sulfide) groups is 1. The molecule has 0 radical (unpaired) electrons. The minimum Gasteiger partial charge on any atom is -0.490 e. The normalized spacial score (nSPS) is 20.9. The van der Waals surface area contributed by atoms with E-state index < -0.39 is 4.92 Å². The van der Waals surface area contributed by atoms with Crippen LogP contribution >= 0.6 is 11.8 Å². The SMILES string of the molecule is CCOc1cc(/C=C2\SC(=Nc3ccccc3)N([C@@H]3CCCC[C@H]3C)C2=O)ccc1OCc1ccc([N+](=O)[O-])cc1. The fourth-order valence-corrected chi connectivity index (χ4v) is 6.22. The number of hydrogen-bond donors (Lipinski definition) is 0. The number of aliphatic imine (C=N–C) groups is 1. The Kier molecular flexibility index (Phi) is 9.04. The van der Waals surface area contributed by atoms with Crippen molar-refractivity contribution in [2.75, 3.05) is 6.61 Å². The van der Waals surface area contributed by atoms with Gasteiger partial charge in [-0.2, -0.15) is 0 Å². The highest BCUT2D eigenvalue weighted by Gasteiger charge is 2.41. The second-order valence-corrected chi connectivity index (χ2v) is 11.2. The van der Waals surface area contributed by atoms with Crippen LogP contribution in [-0.2, 0) is 11.4 Å². The van der Waals surface area contributed by atoms with E-state index in [0.717, 1.165) is 41.2 Å².